The monoisotopic (exact) mass is 418 g/mol. The van der Waals surface area contributed by atoms with Crippen LogP contribution >= 0.6 is 23.4 Å². The highest BCUT2D eigenvalue weighted by Gasteiger charge is 2.34. The summed E-state index contributed by atoms with van der Waals surface area (Å²) in [6, 6.07) is 7.07. The third-order valence-electron chi connectivity index (χ3n) is 3.69. The van der Waals surface area contributed by atoms with Crippen LogP contribution in [-0.4, -0.2) is 17.1 Å². The first-order valence-corrected chi connectivity index (χ1v) is 8.83. The van der Waals surface area contributed by atoms with Crippen molar-refractivity contribution in [2.45, 2.75) is 22.7 Å². The van der Waals surface area contributed by atoms with Crippen LogP contribution in [0.1, 0.15) is 12.0 Å². The number of anilines is 2. The number of benzene rings is 2. The molecule has 0 saturated heterocycles. The predicted molar refractivity (Wildman–Crippen MR) is 94.4 cm³/mol. The second-order valence-corrected chi connectivity index (χ2v) is 7.36. The highest BCUT2D eigenvalue weighted by atomic mass is 35.5. The number of rotatable bonds is 3. The second kappa shape index (κ2) is 7.40. The SMILES string of the molecule is O=C(CC1Sc2ccc(Cl)cc2NC1=O)Nc1ccc(F)c(C(F)(F)F)c1. The molecule has 2 amide bonds. The van der Waals surface area contributed by atoms with Gasteiger partial charge in [0, 0.05) is 22.0 Å². The van der Waals surface area contributed by atoms with Gasteiger partial charge < -0.3 is 10.6 Å². The lowest BCUT2D eigenvalue weighted by atomic mass is 10.1. The van der Waals surface area contributed by atoms with E-state index in [0.717, 1.165) is 22.7 Å². The molecule has 1 atom stereocenters. The van der Waals surface area contributed by atoms with E-state index in [1.807, 2.05) is 0 Å². The maximum absolute atomic E-state index is 13.3. The van der Waals surface area contributed by atoms with E-state index < -0.39 is 34.6 Å². The fourth-order valence-corrected chi connectivity index (χ4v) is 3.72. The van der Waals surface area contributed by atoms with Crippen molar-refractivity contribution in [1.82, 2.24) is 0 Å². The molecule has 142 valence electrons. The molecular weight excluding hydrogens is 408 g/mol. The fraction of sp³-hybridized carbons (Fsp3) is 0.176. The molecule has 2 N–H and O–H groups in total. The van der Waals surface area contributed by atoms with Crippen LogP contribution in [0.25, 0.3) is 0 Å². The maximum Gasteiger partial charge on any atom is 0.419 e. The number of thioether (sulfide) groups is 1. The fourth-order valence-electron chi connectivity index (χ4n) is 2.46. The Balaban J connectivity index is 1.70. The summed E-state index contributed by atoms with van der Waals surface area (Å²) in [5, 5.41) is 4.58. The van der Waals surface area contributed by atoms with Crippen LogP contribution in [0.4, 0.5) is 28.9 Å². The van der Waals surface area contributed by atoms with Crippen LogP contribution in [0.15, 0.2) is 41.3 Å². The van der Waals surface area contributed by atoms with E-state index in [2.05, 4.69) is 10.6 Å². The molecule has 0 saturated carbocycles. The van der Waals surface area contributed by atoms with Crippen LogP contribution in [0, 0.1) is 5.82 Å². The van der Waals surface area contributed by atoms with Gasteiger partial charge >= 0.3 is 6.18 Å². The lowest BCUT2D eigenvalue weighted by Crippen LogP contribution is -2.32. The molecule has 0 aromatic heterocycles. The Labute approximate surface area is 160 Å². The third-order valence-corrected chi connectivity index (χ3v) is 5.20. The molecule has 0 fully saturated rings. The summed E-state index contributed by atoms with van der Waals surface area (Å²) in [4.78, 5) is 25.0. The molecule has 2 aromatic carbocycles. The van der Waals surface area contributed by atoms with Crippen LogP contribution in [0.3, 0.4) is 0 Å². The van der Waals surface area contributed by atoms with Crippen molar-refractivity contribution in [2.75, 3.05) is 10.6 Å². The van der Waals surface area contributed by atoms with Crippen molar-refractivity contribution < 1.29 is 27.2 Å². The molecule has 4 nitrogen and oxygen atoms in total. The Bertz CT molecular complexity index is 920. The number of alkyl halides is 3. The summed E-state index contributed by atoms with van der Waals surface area (Å²) in [5.74, 6) is -2.52. The van der Waals surface area contributed by atoms with Gasteiger partial charge in [0.1, 0.15) is 5.82 Å². The van der Waals surface area contributed by atoms with E-state index in [4.69, 9.17) is 11.6 Å². The summed E-state index contributed by atoms with van der Waals surface area (Å²) < 4.78 is 51.5. The Hall–Kier alpha value is -2.26. The highest BCUT2D eigenvalue weighted by Crippen LogP contribution is 2.38. The lowest BCUT2D eigenvalue weighted by Gasteiger charge is -2.23. The van der Waals surface area contributed by atoms with Crippen molar-refractivity contribution in [2.24, 2.45) is 0 Å². The van der Waals surface area contributed by atoms with Gasteiger partial charge in [0.05, 0.1) is 16.5 Å². The number of halogens is 5. The van der Waals surface area contributed by atoms with E-state index >= 15 is 0 Å². The average molecular weight is 419 g/mol. The zero-order valence-electron chi connectivity index (χ0n) is 13.4. The van der Waals surface area contributed by atoms with Gasteiger partial charge in [-0.1, -0.05) is 11.6 Å². The van der Waals surface area contributed by atoms with Crippen molar-refractivity contribution in [1.29, 1.82) is 0 Å². The molecule has 0 spiro atoms. The zero-order chi connectivity index (χ0) is 19.8. The van der Waals surface area contributed by atoms with Crippen molar-refractivity contribution in [3.8, 4) is 0 Å². The van der Waals surface area contributed by atoms with Gasteiger partial charge in [0.25, 0.3) is 0 Å². The van der Waals surface area contributed by atoms with Crippen molar-refractivity contribution >= 4 is 46.6 Å². The van der Waals surface area contributed by atoms with E-state index in [1.54, 1.807) is 18.2 Å². The molecule has 1 heterocycles. The smallest absolute Gasteiger partial charge is 0.326 e. The molecule has 1 aliphatic heterocycles. The summed E-state index contributed by atoms with van der Waals surface area (Å²) in [6.45, 7) is 0. The molecule has 1 aliphatic rings. The lowest BCUT2D eigenvalue weighted by molar-refractivity contribution is -0.140. The molecule has 3 rings (SSSR count). The van der Waals surface area contributed by atoms with E-state index in [-0.39, 0.29) is 12.1 Å². The maximum atomic E-state index is 13.3. The van der Waals surface area contributed by atoms with Crippen molar-refractivity contribution in [3.05, 3.63) is 52.8 Å². The Kier molecular flexibility index (Phi) is 5.34. The highest BCUT2D eigenvalue weighted by molar-refractivity contribution is 8.01. The zero-order valence-corrected chi connectivity index (χ0v) is 14.9. The van der Waals surface area contributed by atoms with Gasteiger partial charge in [-0.2, -0.15) is 13.2 Å². The number of hydrogen-bond donors (Lipinski definition) is 2. The molecule has 2 aromatic rings. The molecular formula is C17H11ClF4N2O2S. The van der Waals surface area contributed by atoms with Crippen LogP contribution in [0.2, 0.25) is 5.02 Å². The van der Waals surface area contributed by atoms with Gasteiger partial charge in [0.15, 0.2) is 0 Å². The van der Waals surface area contributed by atoms with Gasteiger partial charge in [-0.15, -0.1) is 11.8 Å². The molecule has 0 radical (unpaired) electrons. The first-order chi connectivity index (χ1) is 12.6. The average Bonchev–Trinajstić information content (AvgIpc) is 2.56. The quantitative estimate of drug-likeness (QED) is 0.694. The molecule has 0 aliphatic carbocycles. The largest absolute Gasteiger partial charge is 0.419 e. The van der Waals surface area contributed by atoms with Crippen LogP contribution in [-0.2, 0) is 15.8 Å². The summed E-state index contributed by atoms with van der Waals surface area (Å²) in [7, 11) is 0. The number of hydrogen-bond acceptors (Lipinski definition) is 3. The van der Waals surface area contributed by atoms with Crippen LogP contribution in [0.5, 0.6) is 0 Å². The normalized spacial score (nSPS) is 16.5. The Morgan fingerprint density at radius 3 is 2.67 bits per heavy atom. The standard InChI is InChI=1S/C17H11ClF4N2O2S/c18-8-1-4-13-12(5-8)24-16(26)14(27-13)7-15(25)23-9-2-3-11(19)10(6-9)17(20,21)22/h1-6,14H,7H2,(H,23,25)(H,24,26). The summed E-state index contributed by atoms with van der Waals surface area (Å²) in [5.41, 5.74) is -1.15. The first kappa shape index (κ1) is 19.5. The van der Waals surface area contributed by atoms with E-state index in [0.29, 0.717) is 22.8 Å². The number of amides is 2. The van der Waals surface area contributed by atoms with Gasteiger partial charge in [-0.05, 0) is 36.4 Å². The third kappa shape index (κ3) is 4.54. The van der Waals surface area contributed by atoms with Crippen molar-refractivity contribution in [3.63, 3.8) is 0 Å². The minimum atomic E-state index is -4.88. The van der Waals surface area contributed by atoms with Gasteiger partial charge in [-0.25, -0.2) is 4.39 Å². The molecule has 27 heavy (non-hydrogen) atoms. The van der Waals surface area contributed by atoms with Gasteiger partial charge in [0.2, 0.25) is 11.8 Å². The molecule has 1 unspecified atom stereocenters. The molecule has 10 heteroatoms. The second-order valence-electron chi connectivity index (χ2n) is 5.68. The van der Waals surface area contributed by atoms with Gasteiger partial charge in [-0.3, -0.25) is 9.59 Å². The van der Waals surface area contributed by atoms with E-state index in [9.17, 15) is 27.2 Å². The topological polar surface area (TPSA) is 58.2 Å². The molecule has 0 bridgehead atoms. The Morgan fingerprint density at radius 2 is 1.96 bits per heavy atom. The number of nitrogens with one attached hydrogen (secondary N) is 2. The van der Waals surface area contributed by atoms with Crippen LogP contribution < -0.4 is 10.6 Å². The Morgan fingerprint density at radius 1 is 1.22 bits per heavy atom. The first-order valence-electron chi connectivity index (χ1n) is 7.57. The minimum absolute atomic E-state index is 0.206. The minimum Gasteiger partial charge on any atom is -0.326 e. The number of fused-ring (bicyclic) bond motifs is 1. The number of carbonyl (C=O) groups excluding carboxylic acids is 2. The summed E-state index contributed by atoms with van der Waals surface area (Å²) in [6.07, 6.45) is -5.15. The van der Waals surface area contributed by atoms with E-state index in [1.165, 1.54) is 0 Å². The predicted octanol–water partition coefficient (Wildman–Crippen LogP) is 4.94. The number of carbonyl (C=O) groups is 2. The summed E-state index contributed by atoms with van der Waals surface area (Å²) >= 11 is 7.01.